The number of carbonyl (C=O) groups excluding carboxylic acids is 1. The van der Waals surface area contributed by atoms with Crippen molar-refractivity contribution in [2.75, 3.05) is 25.6 Å². The summed E-state index contributed by atoms with van der Waals surface area (Å²) in [5, 5.41) is 2.82. The van der Waals surface area contributed by atoms with E-state index in [0.717, 1.165) is 5.75 Å². The van der Waals surface area contributed by atoms with E-state index >= 15 is 0 Å². The quantitative estimate of drug-likeness (QED) is 0.854. The summed E-state index contributed by atoms with van der Waals surface area (Å²) in [6.45, 7) is 0.934. The predicted octanol–water partition coefficient (Wildman–Crippen LogP) is 2.29. The third-order valence-corrected chi connectivity index (χ3v) is 2.83. The first-order valence-electron chi connectivity index (χ1n) is 6.61. The topological polar surface area (TPSA) is 73.6 Å². The van der Waals surface area contributed by atoms with Gasteiger partial charge < -0.3 is 20.5 Å². The molecule has 1 amide bonds. The van der Waals surface area contributed by atoms with Crippen molar-refractivity contribution >= 4 is 11.6 Å². The fraction of sp³-hybridized carbons (Fsp3) is 0.188. The standard InChI is InChI=1S/C16H18N2O3/c1-20-15-4-2-3-12(11-15)16(19)18-13-5-7-14(8-6-13)21-10-9-17/h2-8,11H,9-10,17H2,1H3,(H,18,19). The largest absolute Gasteiger partial charge is 0.497 e. The molecule has 0 aliphatic heterocycles. The minimum absolute atomic E-state index is 0.190. The van der Waals surface area contributed by atoms with E-state index in [0.29, 0.717) is 30.2 Å². The van der Waals surface area contributed by atoms with E-state index in [1.54, 1.807) is 55.6 Å². The number of rotatable bonds is 6. The molecule has 21 heavy (non-hydrogen) atoms. The minimum atomic E-state index is -0.190. The van der Waals surface area contributed by atoms with Crippen LogP contribution in [0.2, 0.25) is 0 Å². The maximum absolute atomic E-state index is 12.1. The average Bonchev–Trinajstić information content (AvgIpc) is 2.54. The first-order valence-corrected chi connectivity index (χ1v) is 6.61. The van der Waals surface area contributed by atoms with E-state index < -0.39 is 0 Å². The van der Waals surface area contributed by atoms with Gasteiger partial charge in [-0.2, -0.15) is 0 Å². The number of methoxy groups -OCH3 is 1. The molecule has 3 N–H and O–H groups in total. The highest BCUT2D eigenvalue weighted by Crippen LogP contribution is 2.18. The first kappa shape index (κ1) is 14.9. The van der Waals surface area contributed by atoms with Gasteiger partial charge in [-0.1, -0.05) is 6.07 Å². The van der Waals surface area contributed by atoms with Crippen LogP contribution in [0.1, 0.15) is 10.4 Å². The molecule has 0 bridgehead atoms. The zero-order valence-corrected chi connectivity index (χ0v) is 11.8. The maximum Gasteiger partial charge on any atom is 0.255 e. The second kappa shape index (κ2) is 7.31. The van der Waals surface area contributed by atoms with Gasteiger partial charge in [0.25, 0.3) is 5.91 Å². The fourth-order valence-corrected chi connectivity index (χ4v) is 1.78. The number of ether oxygens (including phenoxy) is 2. The summed E-state index contributed by atoms with van der Waals surface area (Å²) in [5.41, 5.74) is 6.60. The average molecular weight is 286 g/mol. The molecule has 0 radical (unpaired) electrons. The maximum atomic E-state index is 12.1. The summed E-state index contributed by atoms with van der Waals surface area (Å²) in [5.74, 6) is 1.18. The third kappa shape index (κ3) is 4.22. The lowest BCUT2D eigenvalue weighted by atomic mass is 10.2. The van der Waals surface area contributed by atoms with Crippen LogP contribution in [0.4, 0.5) is 5.69 Å². The Morgan fingerprint density at radius 2 is 1.90 bits per heavy atom. The van der Waals surface area contributed by atoms with Gasteiger partial charge in [0, 0.05) is 17.8 Å². The SMILES string of the molecule is COc1cccc(C(=O)Nc2ccc(OCCN)cc2)c1. The Morgan fingerprint density at radius 3 is 2.57 bits per heavy atom. The zero-order chi connectivity index (χ0) is 15.1. The van der Waals surface area contributed by atoms with E-state index in [4.69, 9.17) is 15.2 Å². The monoisotopic (exact) mass is 286 g/mol. The summed E-state index contributed by atoms with van der Waals surface area (Å²) in [6, 6.07) is 14.1. The third-order valence-electron chi connectivity index (χ3n) is 2.83. The normalized spacial score (nSPS) is 10.0. The van der Waals surface area contributed by atoms with Crippen LogP contribution in [-0.2, 0) is 0 Å². The number of amides is 1. The van der Waals surface area contributed by atoms with Crippen LogP contribution < -0.4 is 20.5 Å². The lowest BCUT2D eigenvalue weighted by molar-refractivity contribution is 0.102. The Hall–Kier alpha value is -2.53. The van der Waals surface area contributed by atoms with E-state index in [1.165, 1.54) is 0 Å². The molecule has 110 valence electrons. The number of hydrogen-bond acceptors (Lipinski definition) is 4. The highest BCUT2D eigenvalue weighted by Gasteiger charge is 2.07. The van der Waals surface area contributed by atoms with Crippen LogP contribution in [-0.4, -0.2) is 26.2 Å². The first-order chi connectivity index (χ1) is 10.2. The number of anilines is 1. The van der Waals surface area contributed by atoms with E-state index in [1.807, 2.05) is 0 Å². The zero-order valence-electron chi connectivity index (χ0n) is 11.8. The van der Waals surface area contributed by atoms with Crippen molar-refractivity contribution in [3.05, 3.63) is 54.1 Å². The number of benzene rings is 2. The Labute approximate surface area is 123 Å². The molecule has 5 nitrogen and oxygen atoms in total. The van der Waals surface area contributed by atoms with Crippen molar-refractivity contribution in [2.45, 2.75) is 0 Å². The van der Waals surface area contributed by atoms with Gasteiger partial charge in [0.15, 0.2) is 0 Å². The molecule has 0 saturated carbocycles. The molecule has 0 unspecified atom stereocenters. The number of nitrogens with one attached hydrogen (secondary N) is 1. The van der Waals surface area contributed by atoms with Crippen LogP contribution in [0.15, 0.2) is 48.5 Å². The highest BCUT2D eigenvalue weighted by molar-refractivity contribution is 6.04. The summed E-state index contributed by atoms with van der Waals surface area (Å²) < 4.78 is 10.5. The second-order valence-electron chi connectivity index (χ2n) is 4.35. The molecule has 0 aromatic heterocycles. The van der Waals surface area contributed by atoms with E-state index in [2.05, 4.69) is 5.32 Å². The molecule has 2 aromatic rings. The summed E-state index contributed by atoms with van der Waals surface area (Å²) in [6.07, 6.45) is 0. The minimum Gasteiger partial charge on any atom is -0.497 e. The Kier molecular flexibility index (Phi) is 5.17. The van der Waals surface area contributed by atoms with E-state index in [-0.39, 0.29) is 5.91 Å². The smallest absolute Gasteiger partial charge is 0.255 e. The van der Waals surface area contributed by atoms with Crippen molar-refractivity contribution in [2.24, 2.45) is 5.73 Å². The molecule has 0 aliphatic carbocycles. The lowest BCUT2D eigenvalue weighted by Crippen LogP contribution is -2.12. The lowest BCUT2D eigenvalue weighted by Gasteiger charge is -2.08. The Balaban J connectivity index is 2.01. The van der Waals surface area contributed by atoms with Gasteiger partial charge in [-0.25, -0.2) is 0 Å². The summed E-state index contributed by atoms with van der Waals surface area (Å²) in [4.78, 5) is 12.1. The summed E-state index contributed by atoms with van der Waals surface area (Å²) >= 11 is 0. The highest BCUT2D eigenvalue weighted by atomic mass is 16.5. The molecular formula is C16H18N2O3. The molecule has 0 saturated heterocycles. The predicted molar refractivity (Wildman–Crippen MR) is 81.9 cm³/mol. The van der Waals surface area contributed by atoms with Crippen LogP contribution in [0.3, 0.4) is 0 Å². The number of hydrogen-bond donors (Lipinski definition) is 2. The Bertz CT molecular complexity index is 597. The van der Waals surface area contributed by atoms with Crippen LogP contribution in [0, 0.1) is 0 Å². The van der Waals surface area contributed by atoms with Gasteiger partial charge in [0.1, 0.15) is 18.1 Å². The summed E-state index contributed by atoms with van der Waals surface area (Å²) in [7, 11) is 1.57. The van der Waals surface area contributed by atoms with Crippen molar-refractivity contribution in [1.29, 1.82) is 0 Å². The molecule has 2 aromatic carbocycles. The molecule has 0 atom stereocenters. The van der Waals surface area contributed by atoms with Gasteiger partial charge >= 0.3 is 0 Å². The second-order valence-corrected chi connectivity index (χ2v) is 4.35. The number of nitrogens with two attached hydrogens (primary N) is 1. The van der Waals surface area contributed by atoms with Gasteiger partial charge in [0.05, 0.1) is 7.11 Å². The molecule has 2 rings (SSSR count). The van der Waals surface area contributed by atoms with Gasteiger partial charge in [-0.3, -0.25) is 4.79 Å². The van der Waals surface area contributed by atoms with Crippen molar-refractivity contribution in [3.8, 4) is 11.5 Å². The molecule has 0 fully saturated rings. The van der Waals surface area contributed by atoms with Gasteiger partial charge in [0.2, 0.25) is 0 Å². The van der Waals surface area contributed by atoms with Crippen molar-refractivity contribution in [1.82, 2.24) is 0 Å². The molecule has 0 heterocycles. The molecular weight excluding hydrogens is 268 g/mol. The van der Waals surface area contributed by atoms with Gasteiger partial charge in [-0.15, -0.1) is 0 Å². The van der Waals surface area contributed by atoms with Crippen molar-refractivity contribution in [3.63, 3.8) is 0 Å². The fourth-order valence-electron chi connectivity index (χ4n) is 1.78. The van der Waals surface area contributed by atoms with Crippen LogP contribution in [0.25, 0.3) is 0 Å². The molecule has 0 aliphatic rings. The van der Waals surface area contributed by atoms with Gasteiger partial charge in [-0.05, 0) is 42.5 Å². The van der Waals surface area contributed by atoms with Crippen LogP contribution in [0.5, 0.6) is 11.5 Å². The number of carbonyl (C=O) groups is 1. The van der Waals surface area contributed by atoms with E-state index in [9.17, 15) is 4.79 Å². The molecule has 0 spiro atoms. The van der Waals surface area contributed by atoms with Crippen LogP contribution >= 0.6 is 0 Å². The molecule has 5 heteroatoms. The Morgan fingerprint density at radius 1 is 1.14 bits per heavy atom. The van der Waals surface area contributed by atoms with Crippen molar-refractivity contribution < 1.29 is 14.3 Å².